The van der Waals surface area contributed by atoms with Gasteiger partial charge in [-0.25, -0.2) is 0 Å². The fourth-order valence-electron chi connectivity index (χ4n) is 5.15. The molecule has 8 heteroatoms. The lowest BCUT2D eigenvalue weighted by Crippen LogP contribution is -2.65. The molecular weight excluding hydrogens is 430 g/mol. The standard InChI is InChI=1S/C26H41N5O3/c1-7-10-21(27)30-20(15-28-8-2)26(5)23(32)19(16-31(26)6)29-24(33)17-11-9-12-18-22(17)34-14-13-25(18,3)4/h8-9,11-12,19-20,23,28,32H,2,7,10,13-16H2,1,3-6H3,(H2,27,30)(H,29,33). The molecule has 3 rings (SSSR count). The maximum absolute atomic E-state index is 13.4. The van der Waals surface area contributed by atoms with E-state index >= 15 is 0 Å². The number of aliphatic hydroxyl groups is 1. The normalized spacial score (nSPS) is 26.6. The van der Waals surface area contributed by atoms with Crippen molar-refractivity contribution in [2.45, 2.75) is 76.1 Å². The second-order valence-corrected chi connectivity index (χ2v) is 10.3. The molecule has 2 aliphatic rings. The van der Waals surface area contributed by atoms with E-state index in [4.69, 9.17) is 10.1 Å². The molecule has 0 aliphatic carbocycles. The lowest BCUT2D eigenvalue weighted by molar-refractivity contribution is 0.0218. The number of amidine groups is 1. The number of aliphatic hydroxyl groups excluding tert-OH is 1. The highest BCUT2D eigenvalue weighted by molar-refractivity contribution is 5.97. The number of nitrogens with zero attached hydrogens (tertiary/aromatic N) is 1. The number of amides is 1. The van der Waals surface area contributed by atoms with Crippen LogP contribution in [0.5, 0.6) is 5.75 Å². The Bertz CT molecular complexity index is 918. The predicted molar refractivity (Wildman–Crippen MR) is 136 cm³/mol. The van der Waals surface area contributed by atoms with Crippen LogP contribution in [0.15, 0.2) is 31.0 Å². The first-order chi connectivity index (χ1) is 16.1. The van der Waals surface area contributed by atoms with Crippen LogP contribution in [-0.2, 0) is 5.41 Å². The van der Waals surface area contributed by atoms with Gasteiger partial charge in [-0.3, -0.25) is 15.1 Å². The monoisotopic (exact) mass is 471 g/mol. The summed E-state index contributed by atoms with van der Waals surface area (Å²) in [5.74, 6) is 0.828. The van der Waals surface area contributed by atoms with Crippen LogP contribution < -0.4 is 20.7 Å². The van der Waals surface area contributed by atoms with E-state index in [1.165, 1.54) is 0 Å². The number of rotatable bonds is 9. The highest BCUT2D eigenvalue weighted by Crippen LogP contribution is 2.40. The number of nitrogens with one attached hydrogen (secondary N) is 4. The van der Waals surface area contributed by atoms with Crippen LogP contribution in [-0.4, -0.2) is 72.2 Å². The van der Waals surface area contributed by atoms with E-state index in [9.17, 15) is 9.90 Å². The molecule has 4 unspecified atom stereocenters. The highest BCUT2D eigenvalue weighted by Gasteiger charge is 2.53. The zero-order chi connectivity index (χ0) is 25.1. The average Bonchev–Trinajstić information content (AvgIpc) is 3.00. The number of benzene rings is 1. The number of likely N-dealkylation sites (tertiary alicyclic amines) is 1. The van der Waals surface area contributed by atoms with Crippen molar-refractivity contribution < 1.29 is 14.6 Å². The Labute approximate surface area is 203 Å². The molecule has 2 heterocycles. The van der Waals surface area contributed by atoms with E-state index in [0.717, 1.165) is 18.4 Å². The lowest BCUT2D eigenvalue weighted by Gasteiger charge is -2.43. The Morgan fingerprint density at radius 1 is 1.41 bits per heavy atom. The van der Waals surface area contributed by atoms with Gasteiger partial charge in [0.2, 0.25) is 0 Å². The summed E-state index contributed by atoms with van der Waals surface area (Å²) in [6, 6.07) is 4.97. The van der Waals surface area contributed by atoms with Crippen LogP contribution in [0.2, 0.25) is 0 Å². The van der Waals surface area contributed by atoms with Gasteiger partial charge in [-0.15, -0.1) is 0 Å². The fourth-order valence-corrected chi connectivity index (χ4v) is 5.15. The maximum Gasteiger partial charge on any atom is 0.255 e. The van der Waals surface area contributed by atoms with Crippen molar-refractivity contribution in [1.29, 1.82) is 5.41 Å². The van der Waals surface area contributed by atoms with Crippen LogP contribution >= 0.6 is 0 Å². The SMILES string of the molecule is C=CNCC(NC(=N)CCC)C1(C)C(O)C(NC(=O)c2cccc3c2OCCC3(C)C)CN1C. The van der Waals surface area contributed by atoms with E-state index in [2.05, 4.69) is 41.3 Å². The largest absolute Gasteiger partial charge is 0.492 e. The van der Waals surface area contributed by atoms with Crippen LogP contribution in [0.3, 0.4) is 0 Å². The van der Waals surface area contributed by atoms with Gasteiger partial charge in [-0.2, -0.15) is 0 Å². The summed E-state index contributed by atoms with van der Waals surface area (Å²) in [7, 11) is 1.94. The second-order valence-electron chi connectivity index (χ2n) is 10.3. The molecule has 188 valence electrons. The zero-order valence-electron chi connectivity index (χ0n) is 21.2. The number of hydrogen-bond acceptors (Lipinski definition) is 6. The second kappa shape index (κ2) is 10.4. The van der Waals surface area contributed by atoms with Gasteiger partial charge in [0.05, 0.1) is 41.7 Å². The molecule has 5 N–H and O–H groups in total. The van der Waals surface area contributed by atoms with Crippen molar-refractivity contribution >= 4 is 11.7 Å². The molecule has 1 aromatic rings. The number of ether oxygens (including phenoxy) is 1. The third-order valence-electron chi connectivity index (χ3n) is 7.57. The summed E-state index contributed by atoms with van der Waals surface area (Å²) in [6.07, 6.45) is 3.16. The van der Waals surface area contributed by atoms with Crippen molar-refractivity contribution in [2.24, 2.45) is 0 Å². The minimum Gasteiger partial charge on any atom is -0.492 e. The highest BCUT2D eigenvalue weighted by atomic mass is 16.5. The van der Waals surface area contributed by atoms with Gasteiger partial charge < -0.3 is 25.8 Å². The number of likely N-dealkylation sites (N-methyl/N-ethyl adjacent to an activating group) is 1. The summed E-state index contributed by atoms with van der Waals surface area (Å²) in [5.41, 5.74) is 0.758. The maximum atomic E-state index is 13.4. The smallest absolute Gasteiger partial charge is 0.255 e. The Kier molecular flexibility index (Phi) is 7.93. The van der Waals surface area contributed by atoms with E-state index in [-0.39, 0.29) is 17.4 Å². The molecule has 0 radical (unpaired) electrons. The summed E-state index contributed by atoms with van der Waals surface area (Å²) in [4.78, 5) is 15.4. The summed E-state index contributed by atoms with van der Waals surface area (Å²) in [6.45, 7) is 13.6. The molecule has 2 aliphatic heterocycles. The lowest BCUT2D eigenvalue weighted by atomic mass is 9.79. The first-order valence-corrected chi connectivity index (χ1v) is 12.2. The Hall–Kier alpha value is -2.58. The van der Waals surface area contributed by atoms with E-state index in [1.807, 2.05) is 33.0 Å². The number of hydrogen-bond donors (Lipinski definition) is 5. The van der Waals surface area contributed by atoms with Crippen molar-refractivity contribution in [3.05, 3.63) is 42.1 Å². The third-order valence-corrected chi connectivity index (χ3v) is 7.57. The molecule has 34 heavy (non-hydrogen) atoms. The first-order valence-electron chi connectivity index (χ1n) is 12.2. The van der Waals surface area contributed by atoms with Crippen molar-refractivity contribution in [3.63, 3.8) is 0 Å². The van der Waals surface area contributed by atoms with Gasteiger partial charge in [-0.05, 0) is 44.5 Å². The number of fused-ring (bicyclic) bond motifs is 1. The quantitative estimate of drug-likeness (QED) is 0.279. The van der Waals surface area contributed by atoms with Crippen molar-refractivity contribution in [3.8, 4) is 5.75 Å². The Morgan fingerprint density at radius 3 is 2.82 bits per heavy atom. The minimum atomic E-state index is -0.850. The topological polar surface area (TPSA) is 110 Å². The fraction of sp³-hybridized carbons (Fsp3) is 0.615. The number of carbonyl (C=O) groups is 1. The Balaban J connectivity index is 1.82. The van der Waals surface area contributed by atoms with Crippen LogP contribution in [0, 0.1) is 5.41 Å². The van der Waals surface area contributed by atoms with Crippen LogP contribution in [0.4, 0.5) is 0 Å². The first kappa shape index (κ1) is 26.0. The molecule has 1 amide bonds. The molecule has 1 saturated heterocycles. The zero-order valence-corrected chi connectivity index (χ0v) is 21.2. The van der Waals surface area contributed by atoms with Gasteiger partial charge in [0.15, 0.2) is 0 Å². The third kappa shape index (κ3) is 4.93. The molecule has 1 fully saturated rings. The van der Waals surface area contributed by atoms with Gasteiger partial charge in [0, 0.05) is 25.1 Å². The molecule has 8 nitrogen and oxygen atoms in total. The van der Waals surface area contributed by atoms with E-state index < -0.39 is 17.7 Å². The molecule has 4 atom stereocenters. The van der Waals surface area contributed by atoms with Gasteiger partial charge in [0.25, 0.3) is 5.91 Å². The molecule has 0 aromatic heterocycles. The van der Waals surface area contributed by atoms with Crippen molar-refractivity contribution in [1.82, 2.24) is 20.9 Å². The van der Waals surface area contributed by atoms with Gasteiger partial charge in [-0.1, -0.05) is 39.5 Å². The molecular formula is C26H41N5O3. The summed E-state index contributed by atoms with van der Waals surface area (Å²) >= 11 is 0. The number of carbonyl (C=O) groups excluding carboxylic acids is 1. The summed E-state index contributed by atoms with van der Waals surface area (Å²) < 4.78 is 5.93. The Morgan fingerprint density at radius 2 is 2.15 bits per heavy atom. The van der Waals surface area contributed by atoms with Crippen molar-refractivity contribution in [2.75, 3.05) is 26.7 Å². The van der Waals surface area contributed by atoms with E-state index in [0.29, 0.717) is 43.3 Å². The van der Waals surface area contributed by atoms with E-state index in [1.54, 1.807) is 12.3 Å². The van der Waals surface area contributed by atoms with Crippen LogP contribution in [0.1, 0.15) is 62.9 Å². The van der Waals surface area contributed by atoms with Crippen LogP contribution in [0.25, 0.3) is 0 Å². The minimum absolute atomic E-state index is 0.0600. The number of para-hydroxylation sites is 1. The average molecular weight is 472 g/mol. The van der Waals surface area contributed by atoms with Gasteiger partial charge in [0.1, 0.15) is 5.75 Å². The molecule has 1 aromatic carbocycles. The predicted octanol–water partition coefficient (Wildman–Crippen LogP) is 2.38. The molecule has 0 spiro atoms. The van der Waals surface area contributed by atoms with Gasteiger partial charge >= 0.3 is 0 Å². The molecule has 0 bridgehead atoms. The molecule has 0 saturated carbocycles. The summed E-state index contributed by atoms with van der Waals surface area (Å²) in [5, 5.41) is 29.2.